The first-order valence-corrected chi connectivity index (χ1v) is 15.6. The largest absolute Gasteiger partial charge is 0.507 e. The van der Waals surface area contributed by atoms with E-state index in [1.165, 1.54) is 18.2 Å². The van der Waals surface area contributed by atoms with Gasteiger partial charge >= 0.3 is 5.97 Å². The number of phenolic OH excluding ortho intramolecular Hbond substituents is 2. The van der Waals surface area contributed by atoms with Crippen molar-refractivity contribution in [1.82, 2.24) is 0 Å². The Morgan fingerprint density at radius 1 is 1.06 bits per heavy atom. The minimum atomic E-state index is -2.07. The molecule has 0 spiro atoms. The van der Waals surface area contributed by atoms with Gasteiger partial charge in [0.25, 0.3) is 6.29 Å². The minimum absolute atomic E-state index is 0. The molecule has 2 aromatic rings. The van der Waals surface area contributed by atoms with Crippen LogP contribution in [0.4, 0.5) is 0 Å². The summed E-state index contributed by atoms with van der Waals surface area (Å²) < 4.78 is 33.0. The molecular weight excluding hydrogens is 670 g/mol. The minimum Gasteiger partial charge on any atom is -0.507 e. The zero-order valence-corrected chi connectivity index (χ0v) is 28.1. The van der Waals surface area contributed by atoms with Gasteiger partial charge in [0.15, 0.2) is 17.9 Å². The fraction of sp³-hybridized carbons (Fsp3) is 0.515. The predicted octanol–water partition coefficient (Wildman–Crippen LogP) is 1.72. The number of aliphatic hydroxyl groups is 2. The lowest BCUT2D eigenvalue weighted by atomic mass is 9.72. The highest BCUT2D eigenvalue weighted by atomic mass is 35.5. The summed E-state index contributed by atoms with van der Waals surface area (Å²) in [6.07, 6.45) is -6.27. The molecule has 5 rings (SSSR count). The van der Waals surface area contributed by atoms with E-state index in [0.717, 1.165) is 6.92 Å². The molecule has 0 bridgehead atoms. The average molecular weight is 710 g/mol. The lowest BCUT2D eigenvalue weighted by Gasteiger charge is -2.42. The van der Waals surface area contributed by atoms with E-state index in [1.807, 2.05) is 0 Å². The average Bonchev–Trinajstić information content (AvgIpc) is 3.03. The lowest BCUT2D eigenvalue weighted by molar-refractivity contribution is -0.247. The third-order valence-electron chi connectivity index (χ3n) is 8.82. The second-order valence-electron chi connectivity index (χ2n) is 11.9. The number of nitrogens with two attached hydrogens (primary N) is 1. The van der Waals surface area contributed by atoms with Crippen LogP contribution in [0.1, 0.15) is 89.6 Å². The maximum atomic E-state index is 14.1. The van der Waals surface area contributed by atoms with Crippen molar-refractivity contribution in [1.29, 1.82) is 0 Å². The van der Waals surface area contributed by atoms with Crippen molar-refractivity contribution in [3.05, 3.63) is 51.6 Å². The maximum absolute atomic E-state index is 14.1. The van der Waals surface area contributed by atoms with Crippen LogP contribution in [0, 0.1) is 0 Å². The van der Waals surface area contributed by atoms with E-state index in [0.29, 0.717) is 0 Å². The van der Waals surface area contributed by atoms with E-state index in [9.17, 15) is 39.6 Å². The lowest BCUT2D eigenvalue weighted by Crippen LogP contribution is -2.52. The molecule has 1 heterocycles. The number of rotatable bonds is 11. The van der Waals surface area contributed by atoms with E-state index >= 15 is 0 Å². The summed E-state index contributed by atoms with van der Waals surface area (Å²) in [6, 6.07) is 3.36. The smallest absolute Gasteiger partial charge is 0.366 e. The molecule has 268 valence electrons. The van der Waals surface area contributed by atoms with Crippen LogP contribution in [0.5, 0.6) is 17.2 Å². The summed E-state index contributed by atoms with van der Waals surface area (Å²) in [5, 5.41) is 44.8. The van der Waals surface area contributed by atoms with Crippen molar-refractivity contribution >= 4 is 35.7 Å². The number of carbonyl (C=O) groups excluding carboxylic acids is 4. The highest BCUT2D eigenvalue weighted by molar-refractivity contribution is 6.31. The van der Waals surface area contributed by atoms with E-state index in [4.69, 9.17) is 34.2 Å². The van der Waals surface area contributed by atoms with Gasteiger partial charge in [-0.2, -0.15) is 0 Å². The number of hydrogen-bond donors (Lipinski definition) is 5. The second-order valence-corrected chi connectivity index (χ2v) is 11.9. The summed E-state index contributed by atoms with van der Waals surface area (Å²) in [5.74, 6) is -4.84. The monoisotopic (exact) mass is 709 g/mol. The van der Waals surface area contributed by atoms with Gasteiger partial charge in [-0.25, -0.2) is 4.79 Å². The molecule has 16 heteroatoms. The Bertz CT molecular complexity index is 1610. The molecule has 2 aromatic carbocycles. The molecule has 2 aliphatic carbocycles. The highest BCUT2D eigenvalue weighted by Gasteiger charge is 2.49. The first-order chi connectivity index (χ1) is 22.7. The summed E-state index contributed by atoms with van der Waals surface area (Å²) >= 11 is 0. The number of aliphatic hydroxyl groups excluding tert-OH is 1. The van der Waals surface area contributed by atoms with Gasteiger partial charge in [0, 0.05) is 55.2 Å². The Morgan fingerprint density at radius 2 is 1.71 bits per heavy atom. The predicted molar refractivity (Wildman–Crippen MR) is 170 cm³/mol. The van der Waals surface area contributed by atoms with Gasteiger partial charge < -0.3 is 54.6 Å². The summed E-state index contributed by atoms with van der Waals surface area (Å²) in [4.78, 5) is 53.0. The molecule has 1 aliphatic heterocycles. The number of esters is 1. The molecule has 0 aromatic heterocycles. The molecule has 49 heavy (non-hydrogen) atoms. The third-order valence-corrected chi connectivity index (χ3v) is 8.82. The molecule has 3 aliphatic rings. The molecule has 4 unspecified atom stereocenters. The molecule has 15 nitrogen and oxygen atoms in total. The van der Waals surface area contributed by atoms with Crippen LogP contribution in [-0.2, 0) is 39.7 Å². The number of halogens is 1. The molecule has 1 fully saturated rings. The van der Waals surface area contributed by atoms with Gasteiger partial charge in [-0.15, -0.1) is 12.4 Å². The van der Waals surface area contributed by atoms with Gasteiger partial charge in [0.1, 0.15) is 22.8 Å². The van der Waals surface area contributed by atoms with E-state index in [1.54, 1.807) is 20.8 Å². The Balaban J connectivity index is 0.00000541. The number of fused-ring (bicyclic) bond motifs is 3. The normalized spacial score (nSPS) is 25.9. The van der Waals surface area contributed by atoms with Crippen LogP contribution in [0.2, 0.25) is 0 Å². The zero-order valence-electron chi connectivity index (χ0n) is 27.3. The van der Waals surface area contributed by atoms with E-state index in [-0.39, 0.29) is 60.0 Å². The third kappa shape index (κ3) is 7.03. The van der Waals surface area contributed by atoms with Crippen LogP contribution < -0.4 is 10.5 Å². The first-order valence-electron chi connectivity index (χ1n) is 15.6. The van der Waals surface area contributed by atoms with Crippen molar-refractivity contribution in [2.75, 3.05) is 20.0 Å². The highest BCUT2D eigenvalue weighted by Crippen LogP contribution is 2.52. The number of ether oxygens (including phenoxy) is 6. The second kappa shape index (κ2) is 15.1. The fourth-order valence-electron chi connectivity index (χ4n) is 6.32. The molecular formula is C33H40ClNO14. The Kier molecular flexibility index (Phi) is 11.7. The number of phenols is 2. The SMILES string of the molecule is CCOC(OCC)C(=O)OCOc1cccc2c1C(=O)c1c(O)c3c(c(O)c1C2=O)C[C@@](O)(C(C)=O)C[C@@H]3OC1CC(N)C(O)C(C)O1.Cl. The van der Waals surface area contributed by atoms with Gasteiger partial charge in [-0.3, -0.25) is 14.4 Å². The van der Waals surface area contributed by atoms with Crippen molar-refractivity contribution < 1.29 is 68.0 Å². The van der Waals surface area contributed by atoms with E-state index < -0.39 is 108 Å². The van der Waals surface area contributed by atoms with Crippen molar-refractivity contribution in [2.45, 2.75) is 89.5 Å². The zero-order chi connectivity index (χ0) is 35.1. The molecule has 6 N–H and O–H groups in total. The molecule has 6 atom stereocenters. The Labute approximate surface area is 287 Å². The van der Waals surface area contributed by atoms with Crippen LogP contribution in [0.25, 0.3) is 0 Å². The Hall–Kier alpha value is -3.67. The summed E-state index contributed by atoms with van der Waals surface area (Å²) in [7, 11) is 0. The number of benzene rings is 2. The Morgan fingerprint density at radius 3 is 2.33 bits per heavy atom. The van der Waals surface area contributed by atoms with Crippen LogP contribution in [0.3, 0.4) is 0 Å². The number of aromatic hydroxyl groups is 2. The fourth-order valence-corrected chi connectivity index (χ4v) is 6.32. The van der Waals surface area contributed by atoms with Gasteiger partial charge in [0.05, 0.1) is 35.0 Å². The standard InChI is InChI=1S/C33H39NO14.ClH/c1-5-43-32(44-6-2)31(41)46-13-45-19-9-7-8-16-22(19)29(39)25-24(27(16)37)28(38)17-11-33(42,15(4)35)12-20(23(17)30(25)40)48-21-10-18(34)26(36)14(3)47-21;/h7-9,14,18,20-21,26,32,36,38,40,42H,5-6,10-13,34H2,1-4H3;1H/t14?,18?,20-,21?,26?,33-;/m0./s1. The molecule has 0 saturated carbocycles. The maximum Gasteiger partial charge on any atom is 0.366 e. The van der Waals surface area contributed by atoms with Crippen molar-refractivity contribution in [3.8, 4) is 17.2 Å². The van der Waals surface area contributed by atoms with E-state index in [2.05, 4.69) is 0 Å². The first kappa shape index (κ1) is 38.1. The number of Topliss-reactive ketones (excluding diaryl/α,β-unsaturated/α-hetero) is 1. The molecule has 0 amide bonds. The van der Waals surface area contributed by atoms with Crippen LogP contribution in [0.15, 0.2) is 18.2 Å². The number of ketones is 3. The topological polar surface area (TPSA) is 231 Å². The molecule has 0 radical (unpaired) electrons. The van der Waals surface area contributed by atoms with Gasteiger partial charge in [0.2, 0.25) is 12.6 Å². The van der Waals surface area contributed by atoms with Gasteiger partial charge in [-0.05, 0) is 33.8 Å². The summed E-state index contributed by atoms with van der Waals surface area (Å²) in [6.45, 7) is 5.73. The summed E-state index contributed by atoms with van der Waals surface area (Å²) in [5.41, 5.74) is 2.20. The van der Waals surface area contributed by atoms with Gasteiger partial charge in [-0.1, -0.05) is 12.1 Å². The van der Waals surface area contributed by atoms with Crippen molar-refractivity contribution in [2.24, 2.45) is 5.73 Å². The number of hydrogen-bond acceptors (Lipinski definition) is 15. The quantitative estimate of drug-likeness (QED) is 0.108. The number of carbonyl (C=O) groups is 4. The van der Waals surface area contributed by atoms with Crippen LogP contribution >= 0.6 is 12.4 Å². The molecule has 1 saturated heterocycles. The van der Waals surface area contributed by atoms with Crippen molar-refractivity contribution in [3.63, 3.8) is 0 Å². The van der Waals surface area contributed by atoms with Crippen LogP contribution in [-0.4, -0.2) is 100 Å².